The summed E-state index contributed by atoms with van der Waals surface area (Å²) >= 11 is 1.34. The Balaban J connectivity index is 1.79. The van der Waals surface area contributed by atoms with Crippen LogP contribution in [0.3, 0.4) is 0 Å². The summed E-state index contributed by atoms with van der Waals surface area (Å²) in [6, 6.07) is 6.69. The molecule has 1 aromatic carbocycles. The number of aryl methyl sites for hydroxylation is 2. The summed E-state index contributed by atoms with van der Waals surface area (Å²) in [6.45, 7) is 4.09. The van der Waals surface area contributed by atoms with Gasteiger partial charge in [0, 0.05) is 11.4 Å². The molecule has 7 heteroatoms. The predicted octanol–water partition coefficient (Wildman–Crippen LogP) is 1.76. The number of anilines is 1. The van der Waals surface area contributed by atoms with Gasteiger partial charge in [-0.05, 0) is 38.0 Å². The Bertz CT molecular complexity index is 660. The molecule has 1 heterocycles. The summed E-state index contributed by atoms with van der Waals surface area (Å²) in [4.78, 5) is 28.6. The van der Waals surface area contributed by atoms with Gasteiger partial charge < -0.3 is 10.4 Å². The van der Waals surface area contributed by atoms with Crippen LogP contribution in [0.4, 0.5) is 5.13 Å². The van der Waals surface area contributed by atoms with Gasteiger partial charge in [0.05, 0.1) is 5.69 Å². The zero-order valence-electron chi connectivity index (χ0n) is 12.3. The number of amides is 2. The summed E-state index contributed by atoms with van der Waals surface area (Å²) in [6.07, 6.45) is 0.578. The van der Waals surface area contributed by atoms with Crippen LogP contribution in [0.1, 0.15) is 16.1 Å². The maximum absolute atomic E-state index is 11.7. The van der Waals surface area contributed by atoms with Crippen LogP contribution in [0.25, 0.3) is 0 Å². The highest BCUT2D eigenvalue weighted by Crippen LogP contribution is 2.20. The number of carbonyl (C=O) groups excluding carboxylic acids is 2. The minimum absolute atomic E-state index is 0.196. The first-order valence-corrected chi connectivity index (χ1v) is 7.58. The number of rotatable bonds is 4. The van der Waals surface area contributed by atoms with Gasteiger partial charge in [-0.1, -0.05) is 12.1 Å². The Kier molecular flexibility index (Phi) is 5.11. The van der Waals surface area contributed by atoms with E-state index in [2.05, 4.69) is 15.6 Å². The van der Waals surface area contributed by atoms with E-state index >= 15 is 0 Å². The highest BCUT2D eigenvalue weighted by molar-refractivity contribution is 7.15. The highest BCUT2D eigenvalue weighted by atomic mass is 32.1. The standard InChI is InChI=1S/C15H17N3O3S/c1-9-10(2)22-15(17-9)18-14(21)13(20)16-8-7-11-3-5-12(19)6-4-11/h3-6,19H,7-8H2,1-2H3,(H,16,20)(H,17,18,21). The number of benzene rings is 1. The molecule has 0 aliphatic rings. The largest absolute Gasteiger partial charge is 0.508 e. The van der Waals surface area contributed by atoms with E-state index in [1.54, 1.807) is 24.3 Å². The van der Waals surface area contributed by atoms with Crippen molar-refractivity contribution in [2.75, 3.05) is 11.9 Å². The van der Waals surface area contributed by atoms with Gasteiger partial charge >= 0.3 is 11.8 Å². The molecule has 0 aliphatic heterocycles. The third-order valence-electron chi connectivity index (χ3n) is 3.09. The second-order valence-corrected chi connectivity index (χ2v) is 5.99. The minimum atomic E-state index is -0.723. The van der Waals surface area contributed by atoms with Crippen LogP contribution < -0.4 is 10.6 Å². The number of carbonyl (C=O) groups is 2. The van der Waals surface area contributed by atoms with Gasteiger partial charge in [-0.2, -0.15) is 0 Å². The van der Waals surface area contributed by atoms with Crippen molar-refractivity contribution < 1.29 is 14.7 Å². The zero-order chi connectivity index (χ0) is 16.1. The molecule has 0 saturated heterocycles. The molecule has 1 aromatic heterocycles. The van der Waals surface area contributed by atoms with Crippen molar-refractivity contribution >= 4 is 28.3 Å². The lowest BCUT2D eigenvalue weighted by atomic mass is 10.1. The smallest absolute Gasteiger partial charge is 0.315 e. The Labute approximate surface area is 132 Å². The van der Waals surface area contributed by atoms with Gasteiger partial charge in [-0.3, -0.25) is 14.9 Å². The fourth-order valence-electron chi connectivity index (χ4n) is 1.74. The van der Waals surface area contributed by atoms with Crippen LogP contribution in [0.15, 0.2) is 24.3 Å². The van der Waals surface area contributed by atoms with E-state index in [1.165, 1.54) is 11.3 Å². The van der Waals surface area contributed by atoms with Gasteiger partial charge in [-0.15, -0.1) is 11.3 Å². The van der Waals surface area contributed by atoms with Crippen molar-refractivity contribution in [3.63, 3.8) is 0 Å². The molecule has 0 fully saturated rings. The minimum Gasteiger partial charge on any atom is -0.508 e. The molecular formula is C15H17N3O3S. The monoisotopic (exact) mass is 319 g/mol. The average Bonchev–Trinajstić information content (AvgIpc) is 2.79. The Morgan fingerprint density at radius 2 is 1.86 bits per heavy atom. The fraction of sp³-hybridized carbons (Fsp3) is 0.267. The number of aromatic hydroxyl groups is 1. The number of hydrogen-bond acceptors (Lipinski definition) is 5. The van der Waals surface area contributed by atoms with E-state index in [1.807, 2.05) is 13.8 Å². The number of aromatic nitrogens is 1. The predicted molar refractivity (Wildman–Crippen MR) is 85.0 cm³/mol. The molecule has 0 atom stereocenters. The molecule has 22 heavy (non-hydrogen) atoms. The Morgan fingerprint density at radius 3 is 2.45 bits per heavy atom. The fourth-order valence-corrected chi connectivity index (χ4v) is 2.55. The van der Waals surface area contributed by atoms with Crippen molar-refractivity contribution in [1.29, 1.82) is 0 Å². The van der Waals surface area contributed by atoms with Gasteiger partial charge in [0.2, 0.25) is 0 Å². The van der Waals surface area contributed by atoms with Gasteiger partial charge in [0.15, 0.2) is 5.13 Å². The molecule has 0 unspecified atom stereocenters. The van der Waals surface area contributed by atoms with Crippen LogP contribution in [0.2, 0.25) is 0 Å². The summed E-state index contributed by atoms with van der Waals surface area (Å²) in [5, 5.41) is 14.6. The van der Waals surface area contributed by atoms with Crippen LogP contribution in [-0.2, 0) is 16.0 Å². The lowest BCUT2D eigenvalue weighted by Crippen LogP contribution is -2.36. The summed E-state index contributed by atoms with van der Waals surface area (Å²) in [5.74, 6) is -1.22. The number of thiazole rings is 1. The van der Waals surface area contributed by atoms with Crippen LogP contribution in [0.5, 0.6) is 5.75 Å². The third-order valence-corrected chi connectivity index (χ3v) is 4.08. The number of hydrogen-bond donors (Lipinski definition) is 3. The number of nitrogens with one attached hydrogen (secondary N) is 2. The second-order valence-electron chi connectivity index (χ2n) is 4.79. The number of phenolic OH excluding ortho intramolecular Hbond substituents is 1. The van der Waals surface area contributed by atoms with Crippen molar-refractivity contribution in [2.24, 2.45) is 0 Å². The number of phenols is 1. The van der Waals surface area contributed by atoms with Crippen LogP contribution in [0, 0.1) is 13.8 Å². The van der Waals surface area contributed by atoms with Crippen LogP contribution >= 0.6 is 11.3 Å². The Morgan fingerprint density at radius 1 is 1.18 bits per heavy atom. The maximum atomic E-state index is 11.7. The SMILES string of the molecule is Cc1nc(NC(=O)C(=O)NCCc2ccc(O)cc2)sc1C. The van der Waals surface area contributed by atoms with E-state index in [4.69, 9.17) is 0 Å². The molecule has 6 nitrogen and oxygen atoms in total. The van der Waals surface area contributed by atoms with E-state index in [-0.39, 0.29) is 5.75 Å². The normalized spacial score (nSPS) is 10.3. The summed E-state index contributed by atoms with van der Waals surface area (Å²) in [7, 11) is 0. The maximum Gasteiger partial charge on any atom is 0.315 e. The first-order chi connectivity index (χ1) is 10.5. The summed E-state index contributed by atoms with van der Waals surface area (Å²) < 4.78 is 0. The Hall–Kier alpha value is -2.41. The molecule has 0 bridgehead atoms. The molecule has 2 aromatic rings. The lowest BCUT2D eigenvalue weighted by Gasteiger charge is -2.05. The molecule has 3 N–H and O–H groups in total. The van der Waals surface area contributed by atoms with Crippen molar-refractivity contribution in [1.82, 2.24) is 10.3 Å². The van der Waals surface area contributed by atoms with Crippen molar-refractivity contribution in [3.8, 4) is 5.75 Å². The first-order valence-electron chi connectivity index (χ1n) is 6.77. The van der Waals surface area contributed by atoms with E-state index in [0.717, 1.165) is 16.1 Å². The quantitative estimate of drug-likeness (QED) is 0.749. The molecule has 0 radical (unpaired) electrons. The molecule has 2 rings (SSSR count). The average molecular weight is 319 g/mol. The lowest BCUT2D eigenvalue weighted by molar-refractivity contribution is -0.136. The van der Waals surface area contributed by atoms with E-state index < -0.39 is 11.8 Å². The number of nitrogens with zero attached hydrogens (tertiary/aromatic N) is 1. The van der Waals surface area contributed by atoms with Crippen molar-refractivity contribution in [3.05, 3.63) is 40.4 Å². The zero-order valence-corrected chi connectivity index (χ0v) is 13.2. The molecule has 0 aliphatic carbocycles. The molecule has 116 valence electrons. The first kappa shape index (κ1) is 16.0. The molecule has 0 saturated carbocycles. The van der Waals surface area contributed by atoms with E-state index in [9.17, 15) is 14.7 Å². The van der Waals surface area contributed by atoms with E-state index in [0.29, 0.717) is 18.1 Å². The molecule has 0 spiro atoms. The highest BCUT2D eigenvalue weighted by Gasteiger charge is 2.15. The van der Waals surface area contributed by atoms with Crippen molar-refractivity contribution in [2.45, 2.75) is 20.3 Å². The van der Waals surface area contributed by atoms with Gasteiger partial charge in [0.1, 0.15) is 5.75 Å². The van der Waals surface area contributed by atoms with Gasteiger partial charge in [0.25, 0.3) is 0 Å². The van der Waals surface area contributed by atoms with Gasteiger partial charge in [-0.25, -0.2) is 4.98 Å². The third kappa shape index (κ3) is 4.29. The molecule has 2 amide bonds. The second kappa shape index (κ2) is 7.04. The topological polar surface area (TPSA) is 91.3 Å². The summed E-state index contributed by atoms with van der Waals surface area (Å²) in [5.41, 5.74) is 1.80. The van der Waals surface area contributed by atoms with Crippen LogP contribution in [-0.4, -0.2) is 28.4 Å². The molecular weight excluding hydrogens is 302 g/mol.